The Balaban J connectivity index is 0.00000300. The Hall–Kier alpha value is -1.95. The monoisotopic (exact) mass is 421 g/mol. The van der Waals surface area contributed by atoms with Gasteiger partial charge >= 0.3 is 0 Å². The van der Waals surface area contributed by atoms with Crippen molar-refractivity contribution in [2.45, 2.75) is 50.9 Å². The number of nitrogens with two attached hydrogens (primary N) is 1. The molecule has 0 spiro atoms. The van der Waals surface area contributed by atoms with Crippen LogP contribution >= 0.6 is 12.4 Å². The summed E-state index contributed by atoms with van der Waals surface area (Å²) in [6.45, 7) is 0.412. The molecule has 29 heavy (non-hydrogen) atoms. The van der Waals surface area contributed by atoms with Gasteiger partial charge in [0.15, 0.2) is 11.5 Å². The predicted molar refractivity (Wildman–Crippen MR) is 117 cm³/mol. The second kappa shape index (κ2) is 11.3. The quantitative estimate of drug-likeness (QED) is 0.649. The highest BCUT2D eigenvalue weighted by molar-refractivity contribution is 5.85. The van der Waals surface area contributed by atoms with E-state index in [1.165, 1.54) is 6.42 Å². The van der Waals surface area contributed by atoms with Crippen molar-refractivity contribution < 1.29 is 19.3 Å². The van der Waals surface area contributed by atoms with Crippen molar-refractivity contribution in [3.05, 3.63) is 53.6 Å². The van der Waals surface area contributed by atoms with Crippen LogP contribution in [0.15, 0.2) is 42.5 Å². The maximum absolute atomic E-state index is 10.9. The van der Waals surface area contributed by atoms with Gasteiger partial charge in [-0.3, -0.25) is 0 Å². The van der Waals surface area contributed by atoms with Crippen molar-refractivity contribution in [1.29, 1.82) is 0 Å². The number of ether oxygens (including phenoxy) is 3. The van der Waals surface area contributed by atoms with Gasteiger partial charge in [-0.2, -0.15) is 0 Å². The maximum atomic E-state index is 10.9. The first-order valence-electron chi connectivity index (χ1n) is 10.00. The number of hydrogen-bond donors (Lipinski definition) is 2. The normalized spacial score (nSPS) is 16.4. The van der Waals surface area contributed by atoms with Crippen molar-refractivity contribution >= 4 is 12.4 Å². The van der Waals surface area contributed by atoms with Crippen LogP contribution in [-0.4, -0.2) is 25.4 Å². The van der Waals surface area contributed by atoms with E-state index in [1.54, 1.807) is 20.3 Å². The highest BCUT2D eigenvalue weighted by Crippen LogP contribution is 2.40. The number of hydrogen-bond acceptors (Lipinski definition) is 5. The molecule has 160 valence electrons. The number of methoxy groups -OCH3 is 2. The summed E-state index contributed by atoms with van der Waals surface area (Å²) >= 11 is 0. The third kappa shape index (κ3) is 5.78. The number of benzene rings is 2. The molecule has 2 aromatic carbocycles. The lowest BCUT2D eigenvalue weighted by Gasteiger charge is -2.31. The first-order valence-corrected chi connectivity index (χ1v) is 10.00. The lowest BCUT2D eigenvalue weighted by molar-refractivity contribution is 0.0607. The third-order valence-electron chi connectivity index (χ3n) is 5.61. The Morgan fingerprint density at radius 3 is 2.21 bits per heavy atom. The summed E-state index contributed by atoms with van der Waals surface area (Å²) in [4.78, 5) is 0. The van der Waals surface area contributed by atoms with Crippen molar-refractivity contribution in [3.63, 3.8) is 0 Å². The van der Waals surface area contributed by atoms with Gasteiger partial charge in [0.25, 0.3) is 0 Å². The van der Waals surface area contributed by atoms with E-state index in [0.717, 1.165) is 36.8 Å². The Kier molecular flexibility index (Phi) is 9.08. The van der Waals surface area contributed by atoms with Gasteiger partial charge in [0.2, 0.25) is 0 Å². The molecule has 0 aromatic heterocycles. The molecule has 0 heterocycles. The molecule has 3 N–H and O–H groups in total. The average Bonchev–Trinajstić information content (AvgIpc) is 2.77. The number of halogens is 1. The highest BCUT2D eigenvalue weighted by Gasteiger charge is 2.30. The summed E-state index contributed by atoms with van der Waals surface area (Å²) in [5.74, 6) is 1.99. The van der Waals surface area contributed by atoms with E-state index in [0.29, 0.717) is 23.9 Å². The molecule has 2 aromatic rings. The van der Waals surface area contributed by atoms with E-state index >= 15 is 0 Å². The zero-order valence-electron chi connectivity index (χ0n) is 17.2. The zero-order valence-corrected chi connectivity index (χ0v) is 18.0. The summed E-state index contributed by atoms with van der Waals surface area (Å²) in [6.07, 6.45) is 4.96. The minimum Gasteiger partial charge on any atom is -0.493 e. The van der Waals surface area contributed by atoms with Crippen LogP contribution < -0.4 is 19.9 Å². The third-order valence-corrected chi connectivity index (χ3v) is 5.61. The first kappa shape index (κ1) is 23.3. The fraction of sp³-hybridized carbons (Fsp3) is 0.478. The van der Waals surface area contributed by atoms with Gasteiger partial charge in [0.1, 0.15) is 12.4 Å². The lowest BCUT2D eigenvalue weighted by Crippen LogP contribution is -2.34. The van der Waals surface area contributed by atoms with E-state index in [2.05, 4.69) is 0 Å². The van der Waals surface area contributed by atoms with Crippen molar-refractivity contribution in [2.75, 3.05) is 14.2 Å². The van der Waals surface area contributed by atoms with E-state index in [9.17, 15) is 5.11 Å². The SMILES string of the molecule is COc1cc(OCc2ccccc2)c([C@@H](N)[C@@H](O)C2CCCCC2)cc1OC.Cl. The molecule has 0 amide bonds. The van der Waals surface area contributed by atoms with Crippen molar-refractivity contribution in [2.24, 2.45) is 11.7 Å². The molecule has 1 saturated carbocycles. The van der Waals surface area contributed by atoms with E-state index in [1.807, 2.05) is 36.4 Å². The standard InChI is InChI=1S/C23H31NO4.ClH/c1-26-20-13-18(22(24)23(25)17-11-7-4-8-12-17)19(14-21(20)27-2)28-15-16-9-5-3-6-10-16;/h3,5-6,9-10,13-14,17,22-23,25H,4,7-8,11-12,15,24H2,1-2H3;1H/t22-,23+;/m1./s1. The molecule has 5 nitrogen and oxygen atoms in total. The number of aliphatic hydroxyl groups excluding tert-OH is 1. The Morgan fingerprint density at radius 2 is 1.59 bits per heavy atom. The summed E-state index contributed by atoms with van der Waals surface area (Å²) < 4.78 is 17.0. The van der Waals surface area contributed by atoms with Crippen LogP contribution in [0.1, 0.15) is 49.3 Å². The van der Waals surface area contributed by atoms with Gasteiger partial charge in [0, 0.05) is 11.6 Å². The molecule has 0 bridgehead atoms. The molecule has 0 unspecified atom stereocenters. The van der Waals surface area contributed by atoms with E-state index in [-0.39, 0.29) is 18.3 Å². The van der Waals surface area contributed by atoms with E-state index < -0.39 is 12.1 Å². The van der Waals surface area contributed by atoms with Gasteiger partial charge in [-0.05, 0) is 30.4 Å². The second-order valence-electron chi connectivity index (χ2n) is 7.43. The highest BCUT2D eigenvalue weighted by atomic mass is 35.5. The van der Waals surface area contributed by atoms with Crippen LogP contribution in [0.3, 0.4) is 0 Å². The minimum atomic E-state index is -0.613. The fourth-order valence-electron chi connectivity index (χ4n) is 3.95. The van der Waals surface area contributed by atoms with Gasteiger partial charge in [-0.15, -0.1) is 12.4 Å². The average molecular weight is 422 g/mol. The Bertz CT molecular complexity index is 750. The largest absolute Gasteiger partial charge is 0.493 e. The molecule has 1 aliphatic carbocycles. The summed E-state index contributed by atoms with van der Waals surface area (Å²) in [5, 5.41) is 10.9. The number of rotatable bonds is 8. The molecule has 0 saturated heterocycles. The van der Waals surface area contributed by atoms with E-state index in [4.69, 9.17) is 19.9 Å². The van der Waals surface area contributed by atoms with Crippen molar-refractivity contribution in [1.82, 2.24) is 0 Å². The molecule has 3 rings (SSSR count). The second-order valence-corrected chi connectivity index (χ2v) is 7.43. The predicted octanol–water partition coefficient (Wildman–Crippen LogP) is 4.65. The van der Waals surface area contributed by atoms with Crippen LogP contribution in [0.25, 0.3) is 0 Å². The Morgan fingerprint density at radius 1 is 0.966 bits per heavy atom. The summed E-state index contributed by atoms with van der Waals surface area (Å²) in [7, 11) is 3.19. The molecule has 0 aliphatic heterocycles. The van der Waals surface area contributed by atoms with Crippen LogP contribution in [0.4, 0.5) is 0 Å². The molecule has 6 heteroatoms. The van der Waals surface area contributed by atoms with Gasteiger partial charge < -0.3 is 25.1 Å². The Labute approximate surface area is 179 Å². The minimum absolute atomic E-state index is 0. The fourth-order valence-corrected chi connectivity index (χ4v) is 3.95. The summed E-state index contributed by atoms with van der Waals surface area (Å²) in [5.41, 5.74) is 8.33. The summed E-state index contributed by atoms with van der Waals surface area (Å²) in [6, 6.07) is 13.0. The van der Waals surface area contributed by atoms with Crippen molar-refractivity contribution in [3.8, 4) is 17.2 Å². The molecule has 1 fully saturated rings. The topological polar surface area (TPSA) is 73.9 Å². The van der Waals surface area contributed by atoms with Crippen LogP contribution in [0.2, 0.25) is 0 Å². The van der Waals surface area contributed by atoms with Gasteiger partial charge in [0.05, 0.1) is 26.4 Å². The molecular formula is C23H32ClNO4. The van der Waals surface area contributed by atoms with Gasteiger partial charge in [-0.1, -0.05) is 49.6 Å². The lowest BCUT2D eigenvalue weighted by atomic mass is 9.81. The molecule has 2 atom stereocenters. The zero-order chi connectivity index (χ0) is 19.9. The number of aliphatic hydroxyl groups is 1. The molecule has 0 radical (unpaired) electrons. The van der Waals surface area contributed by atoms with Crippen LogP contribution in [0, 0.1) is 5.92 Å². The first-order chi connectivity index (χ1) is 13.6. The van der Waals surface area contributed by atoms with Gasteiger partial charge in [-0.25, -0.2) is 0 Å². The maximum Gasteiger partial charge on any atom is 0.164 e. The smallest absolute Gasteiger partial charge is 0.164 e. The van der Waals surface area contributed by atoms with Crippen LogP contribution in [0.5, 0.6) is 17.2 Å². The van der Waals surface area contributed by atoms with Crippen LogP contribution in [-0.2, 0) is 6.61 Å². The molecular weight excluding hydrogens is 390 g/mol. The molecule has 1 aliphatic rings.